The second-order valence-electron chi connectivity index (χ2n) is 23.3. The maximum absolute atomic E-state index is 13.4. The molecule has 19 heteroatoms. The van der Waals surface area contributed by atoms with Crippen molar-refractivity contribution < 1.29 is 33.3 Å². The number of anilines is 6. The molecule has 4 aromatic heterocycles. The number of fused-ring (bicyclic) bond motifs is 2. The molecular formula is C69H76N12O7. The summed E-state index contributed by atoms with van der Waals surface area (Å²) in [6, 6.07) is 47.8. The standard InChI is InChI=1S/C37H42N6O5.C32H34N6O2/c1-25-10-12-28(13-11-25)43-34(21-33(42-43)37(2,3)4)41-36(45)40-31-14-15-32(30-9-7-6-8-29(30)31)48-17-16-26-20-27(23-38-22-26)39-35(44)24-47-19-18-46-5;1-21-9-11-23(12-10-21)38-30(20-28(37-38)32(2,3)4)36-31(39)35-26-13-14-27(25-8-6-5-7-24(25)26)40-18-16-22-15-17-34-29(33)19-22/h6-15,20-23H,16-19,24H2,1-5H3,(H,39,44)(H2,40,41,45);5-15,17,19-20H,16,18H2,1-4H3,(H2,33,34)(H2,35,36,39). The number of benzene rings is 6. The number of hydrogen-bond donors (Lipinski definition) is 6. The Kier molecular flexibility index (Phi) is 20.1. The highest BCUT2D eigenvalue weighted by Gasteiger charge is 2.24. The molecule has 0 spiro atoms. The molecule has 0 aliphatic heterocycles. The Morgan fingerprint density at radius 2 is 1.01 bits per heavy atom. The number of amides is 5. The Hall–Kier alpha value is -10.1. The molecule has 0 fully saturated rings. The summed E-state index contributed by atoms with van der Waals surface area (Å²) in [5, 5.41) is 27.9. The normalized spacial score (nSPS) is 11.4. The van der Waals surface area contributed by atoms with Gasteiger partial charge in [0.25, 0.3) is 0 Å². The van der Waals surface area contributed by atoms with Gasteiger partial charge < -0.3 is 40.6 Å². The topological polar surface area (TPSA) is 236 Å². The Balaban J connectivity index is 0.000000213. The van der Waals surface area contributed by atoms with Crippen LogP contribution >= 0.6 is 0 Å². The van der Waals surface area contributed by atoms with Gasteiger partial charge in [-0.25, -0.2) is 23.9 Å². The van der Waals surface area contributed by atoms with Gasteiger partial charge in [-0.05, 0) is 91.7 Å². The van der Waals surface area contributed by atoms with Crippen LogP contribution < -0.4 is 41.8 Å². The van der Waals surface area contributed by atoms with Crippen LogP contribution in [-0.4, -0.2) is 87.6 Å². The Morgan fingerprint density at radius 3 is 1.49 bits per heavy atom. The molecule has 7 N–H and O–H groups in total. The number of urea groups is 2. The van der Waals surface area contributed by atoms with Gasteiger partial charge in [-0.1, -0.05) is 125 Å². The lowest BCUT2D eigenvalue weighted by atomic mass is 9.92. The zero-order chi connectivity index (χ0) is 62.4. The van der Waals surface area contributed by atoms with E-state index in [1.165, 1.54) is 0 Å². The Bertz CT molecular complexity index is 4030. The number of carbonyl (C=O) groups is 3. The summed E-state index contributed by atoms with van der Waals surface area (Å²) in [5.41, 5.74) is 15.0. The lowest BCUT2D eigenvalue weighted by Crippen LogP contribution is -2.21. The molecule has 0 saturated heterocycles. The molecule has 454 valence electrons. The van der Waals surface area contributed by atoms with E-state index in [4.69, 9.17) is 34.9 Å². The van der Waals surface area contributed by atoms with Gasteiger partial charge in [-0.3, -0.25) is 20.4 Å². The second-order valence-corrected chi connectivity index (χ2v) is 23.3. The molecule has 88 heavy (non-hydrogen) atoms. The van der Waals surface area contributed by atoms with Crippen molar-refractivity contribution in [1.29, 1.82) is 0 Å². The fraction of sp³-hybridized carbons (Fsp3) is 0.261. The number of nitrogens with zero attached hydrogens (tertiary/aromatic N) is 6. The molecule has 0 unspecified atom stereocenters. The second kappa shape index (κ2) is 28.4. The first-order chi connectivity index (χ1) is 42.3. The van der Waals surface area contributed by atoms with E-state index < -0.39 is 0 Å². The van der Waals surface area contributed by atoms with Crippen molar-refractivity contribution in [2.45, 2.75) is 79.1 Å². The summed E-state index contributed by atoms with van der Waals surface area (Å²) in [6.07, 6.45) is 6.31. The van der Waals surface area contributed by atoms with E-state index in [1.54, 1.807) is 35.1 Å². The SMILES string of the molecule is COCCOCC(=O)Nc1cncc(CCOc2ccc(NC(=O)Nc3cc(C(C)(C)C)nn3-c3ccc(C)cc3)c3ccccc23)c1.Cc1ccc(-n2nc(C(C)(C)C)cc2NC(=O)Nc2ccc(OCCc3ccnc(N)c3)c3ccccc23)cc1. The number of nitrogen functional groups attached to an aromatic ring is 1. The number of aromatic nitrogens is 6. The van der Waals surface area contributed by atoms with E-state index in [0.29, 0.717) is 79.5 Å². The first kappa shape index (κ1) is 62.4. The number of pyridine rings is 2. The number of hydrogen-bond acceptors (Lipinski definition) is 12. The summed E-state index contributed by atoms with van der Waals surface area (Å²) in [5.74, 6) is 2.83. The lowest BCUT2D eigenvalue weighted by molar-refractivity contribution is -0.121. The highest BCUT2D eigenvalue weighted by Crippen LogP contribution is 2.35. The molecule has 0 radical (unpaired) electrons. The number of carbonyl (C=O) groups excluding carboxylic acids is 3. The van der Waals surface area contributed by atoms with Gasteiger partial charge >= 0.3 is 12.1 Å². The van der Waals surface area contributed by atoms with Gasteiger partial charge in [0.1, 0.15) is 35.6 Å². The van der Waals surface area contributed by atoms with E-state index in [0.717, 1.165) is 72.3 Å². The van der Waals surface area contributed by atoms with Crippen LogP contribution in [0.4, 0.5) is 44.1 Å². The van der Waals surface area contributed by atoms with Crippen molar-refractivity contribution >= 4 is 74.0 Å². The van der Waals surface area contributed by atoms with E-state index in [2.05, 4.69) is 78.1 Å². The van der Waals surface area contributed by atoms with Gasteiger partial charge in [-0.2, -0.15) is 10.2 Å². The highest BCUT2D eigenvalue weighted by molar-refractivity contribution is 6.08. The van der Waals surface area contributed by atoms with Gasteiger partial charge in [0.05, 0.1) is 72.4 Å². The molecule has 10 aromatic rings. The van der Waals surface area contributed by atoms with Crippen molar-refractivity contribution in [3.05, 3.63) is 204 Å². The number of ether oxygens (including phenoxy) is 4. The van der Waals surface area contributed by atoms with Crippen LogP contribution in [0.1, 0.15) is 75.2 Å². The molecule has 0 aliphatic carbocycles. The maximum Gasteiger partial charge on any atom is 0.324 e. The number of methoxy groups -OCH3 is 1. The minimum absolute atomic E-state index is 0.0629. The van der Waals surface area contributed by atoms with Crippen molar-refractivity contribution in [2.75, 3.05) is 72.5 Å². The molecule has 0 bridgehead atoms. The number of rotatable bonds is 20. The molecule has 0 saturated carbocycles. The van der Waals surface area contributed by atoms with E-state index in [1.807, 2.05) is 166 Å². The van der Waals surface area contributed by atoms with Gasteiger partial charge in [0, 0.05) is 76.9 Å². The number of aryl methyl sites for hydroxylation is 2. The fourth-order valence-corrected chi connectivity index (χ4v) is 9.40. The van der Waals surface area contributed by atoms with Crippen LogP contribution in [0.3, 0.4) is 0 Å². The summed E-state index contributed by atoms with van der Waals surface area (Å²) in [7, 11) is 1.58. The first-order valence-electron chi connectivity index (χ1n) is 29.1. The molecule has 10 rings (SSSR count). The average molecular weight is 1190 g/mol. The van der Waals surface area contributed by atoms with Crippen LogP contribution in [-0.2, 0) is 37.9 Å². The average Bonchev–Trinajstić information content (AvgIpc) is 2.56. The Labute approximate surface area is 513 Å². The van der Waals surface area contributed by atoms with Crippen LogP contribution in [0, 0.1) is 13.8 Å². The van der Waals surface area contributed by atoms with E-state index in [-0.39, 0.29) is 35.4 Å². The first-order valence-corrected chi connectivity index (χ1v) is 29.1. The lowest BCUT2D eigenvalue weighted by Gasteiger charge is -2.14. The number of nitrogens with two attached hydrogens (primary N) is 1. The summed E-state index contributed by atoms with van der Waals surface area (Å²) in [6.45, 7) is 18.2. The molecule has 19 nitrogen and oxygen atoms in total. The zero-order valence-corrected chi connectivity index (χ0v) is 51.2. The van der Waals surface area contributed by atoms with Crippen molar-refractivity contribution in [3.63, 3.8) is 0 Å². The smallest absolute Gasteiger partial charge is 0.324 e. The van der Waals surface area contributed by atoms with Crippen molar-refractivity contribution in [1.82, 2.24) is 29.5 Å². The van der Waals surface area contributed by atoms with Crippen LogP contribution in [0.15, 0.2) is 170 Å². The highest BCUT2D eigenvalue weighted by atomic mass is 16.5. The predicted octanol–water partition coefficient (Wildman–Crippen LogP) is 13.8. The molecular weight excluding hydrogens is 1110 g/mol. The van der Waals surface area contributed by atoms with E-state index >= 15 is 0 Å². The van der Waals surface area contributed by atoms with Crippen LogP contribution in [0.2, 0.25) is 0 Å². The molecule has 5 amide bonds. The third-order valence-corrected chi connectivity index (χ3v) is 14.1. The summed E-state index contributed by atoms with van der Waals surface area (Å²) < 4.78 is 26.0. The Morgan fingerprint density at radius 1 is 0.523 bits per heavy atom. The molecule has 0 aliphatic rings. The van der Waals surface area contributed by atoms with Gasteiger partial charge in [0.15, 0.2) is 0 Å². The van der Waals surface area contributed by atoms with Gasteiger partial charge in [0.2, 0.25) is 5.91 Å². The van der Waals surface area contributed by atoms with Crippen LogP contribution in [0.25, 0.3) is 32.9 Å². The van der Waals surface area contributed by atoms with Gasteiger partial charge in [-0.15, -0.1) is 0 Å². The summed E-state index contributed by atoms with van der Waals surface area (Å²) in [4.78, 5) is 47.1. The predicted molar refractivity (Wildman–Crippen MR) is 350 cm³/mol. The largest absolute Gasteiger partial charge is 0.493 e. The van der Waals surface area contributed by atoms with Crippen LogP contribution in [0.5, 0.6) is 11.5 Å². The minimum Gasteiger partial charge on any atom is -0.493 e. The third-order valence-electron chi connectivity index (χ3n) is 14.1. The molecule has 6 aromatic carbocycles. The quantitative estimate of drug-likeness (QED) is 0.0391. The third kappa shape index (κ3) is 16.6. The fourth-order valence-electron chi connectivity index (χ4n) is 9.40. The summed E-state index contributed by atoms with van der Waals surface area (Å²) >= 11 is 0. The van der Waals surface area contributed by atoms with E-state index in [9.17, 15) is 14.4 Å². The molecule has 4 heterocycles. The van der Waals surface area contributed by atoms with Crippen molar-refractivity contribution in [2.24, 2.45) is 0 Å². The molecule has 0 atom stereocenters. The monoisotopic (exact) mass is 1180 g/mol. The maximum atomic E-state index is 13.4. The van der Waals surface area contributed by atoms with Crippen molar-refractivity contribution in [3.8, 4) is 22.9 Å². The number of nitrogens with one attached hydrogen (secondary N) is 5. The minimum atomic E-state index is -0.386. The zero-order valence-electron chi connectivity index (χ0n) is 51.2.